The molecule has 1 aliphatic heterocycles. The van der Waals surface area contributed by atoms with E-state index in [-0.39, 0.29) is 17.3 Å². The lowest BCUT2D eigenvalue weighted by molar-refractivity contribution is -0.151. The van der Waals surface area contributed by atoms with Crippen molar-refractivity contribution in [1.29, 1.82) is 0 Å². The van der Waals surface area contributed by atoms with Crippen LogP contribution in [0.2, 0.25) is 0 Å². The minimum Gasteiger partial charge on any atom is -0.466 e. The molecule has 3 nitrogen and oxygen atoms in total. The fourth-order valence-corrected chi connectivity index (χ4v) is 4.36. The summed E-state index contributed by atoms with van der Waals surface area (Å²) in [5, 5.41) is 0. The molecular formula is C19H27NO2. The molecule has 1 atom stereocenters. The van der Waals surface area contributed by atoms with E-state index in [1.165, 1.54) is 37.7 Å². The van der Waals surface area contributed by atoms with Gasteiger partial charge in [-0.15, -0.1) is 0 Å². The highest BCUT2D eigenvalue weighted by Gasteiger charge is 2.50. The van der Waals surface area contributed by atoms with Crippen molar-refractivity contribution in [3.8, 4) is 0 Å². The van der Waals surface area contributed by atoms with Gasteiger partial charge in [-0.25, -0.2) is 0 Å². The summed E-state index contributed by atoms with van der Waals surface area (Å²) in [5.41, 5.74) is 1.50. The van der Waals surface area contributed by atoms with Gasteiger partial charge in [-0.3, -0.25) is 9.69 Å². The molecule has 0 N–H and O–H groups in total. The van der Waals surface area contributed by atoms with Crippen molar-refractivity contribution in [3.05, 3.63) is 35.9 Å². The first-order chi connectivity index (χ1) is 10.7. The van der Waals surface area contributed by atoms with Crippen LogP contribution in [-0.4, -0.2) is 30.6 Å². The molecule has 1 aliphatic carbocycles. The molecule has 1 saturated heterocycles. The van der Waals surface area contributed by atoms with E-state index < -0.39 is 0 Å². The molecule has 3 rings (SSSR count). The van der Waals surface area contributed by atoms with E-state index in [4.69, 9.17) is 4.74 Å². The van der Waals surface area contributed by atoms with Gasteiger partial charge in [0.05, 0.1) is 12.5 Å². The maximum atomic E-state index is 12.5. The van der Waals surface area contributed by atoms with Crippen molar-refractivity contribution in [1.82, 2.24) is 4.90 Å². The number of nitrogens with zero attached hydrogens (tertiary/aromatic N) is 1. The minimum atomic E-state index is 0.0277. The Morgan fingerprint density at radius 2 is 1.95 bits per heavy atom. The summed E-state index contributed by atoms with van der Waals surface area (Å²) in [6.45, 7) is 5.24. The number of esters is 1. The number of rotatable bonds is 4. The summed E-state index contributed by atoms with van der Waals surface area (Å²) >= 11 is 0. The second-order valence-corrected chi connectivity index (χ2v) is 6.88. The lowest BCUT2D eigenvalue weighted by Gasteiger charge is -2.37. The maximum absolute atomic E-state index is 12.5. The van der Waals surface area contributed by atoms with Crippen molar-refractivity contribution in [2.75, 3.05) is 19.7 Å². The Balaban J connectivity index is 1.74. The third-order valence-electron chi connectivity index (χ3n) is 5.39. The van der Waals surface area contributed by atoms with Crippen LogP contribution in [0.5, 0.6) is 0 Å². The standard InChI is InChI=1S/C19H27NO2/c1-2-22-18(21)17-14-20(13-16-9-5-3-6-10-16)15-19(17)11-7-4-8-12-19/h3,5-6,9-10,17H,2,4,7-8,11-15H2,1H3. The van der Waals surface area contributed by atoms with Crippen LogP contribution < -0.4 is 0 Å². The quantitative estimate of drug-likeness (QED) is 0.795. The van der Waals surface area contributed by atoms with Gasteiger partial charge in [-0.05, 0) is 30.7 Å². The third kappa shape index (κ3) is 3.19. The van der Waals surface area contributed by atoms with Crippen LogP contribution in [0.25, 0.3) is 0 Å². The van der Waals surface area contributed by atoms with Gasteiger partial charge in [0.15, 0.2) is 0 Å². The van der Waals surface area contributed by atoms with Crippen LogP contribution in [-0.2, 0) is 16.1 Å². The molecule has 1 saturated carbocycles. The smallest absolute Gasteiger partial charge is 0.310 e. The summed E-state index contributed by atoms with van der Waals surface area (Å²) < 4.78 is 5.39. The molecule has 120 valence electrons. The first-order valence-electron chi connectivity index (χ1n) is 8.66. The molecule has 1 aromatic carbocycles. The third-order valence-corrected chi connectivity index (χ3v) is 5.39. The van der Waals surface area contributed by atoms with Gasteiger partial charge in [0, 0.05) is 19.6 Å². The SMILES string of the molecule is CCOC(=O)C1CN(Cc2ccccc2)CC12CCCCC2. The van der Waals surface area contributed by atoms with Crippen LogP contribution >= 0.6 is 0 Å². The fourth-order valence-electron chi connectivity index (χ4n) is 4.36. The highest BCUT2D eigenvalue weighted by atomic mass is 16.5. The Bertz CT molecular complexity index is 493. The van der Waals surface area contributed by atoms with Crippen molar-refractivity contribution in [2.45, 2.75) is 45.6 Å². The number of ether oxygens (including phenoxy) is 1. The average molecular weight is 301 g/mol. The van der Waals surface area contributed by atoms with E-state index in [1.807, 2.05) is 6.92 Å². The molecule has 3 heteroatoms. The second kappa shape index (κ2) is 6.82. The lowest BCUT2D eigenvalue weighted by Crippen LogP contribution is -2.37. The molecule has 0 radical (unpaired) electrons. The molecule has 0 aromatic heterocycles. The predicted molar refractivity (Wildman–Crippen MR) is 87.4 cm³/mol. The molecule has 0 amide bonds. The highest BCUT2D eigenvalue weighted by Crippen LogP contribution is 2.48. The van der Waals surface area contributed by atoms with Gasteiger partial charge in [-0.1, -0.05) is 49.6 Å². The van der Waals surface area contributed by atoms with Gasteiger partial charge in [0.25, 0.3) is 0 Å². The summed E-state index contributed by atoms with van der Waals surface area (Å²) in [6, 6.07) is 10.6. The zero-order valence-corrected chi connectivity index (χ0v) is 13.6. The van der Waals surface area contributed by atoms with Crippen molar-refractivity contribution in [3.63, 3.8) is 0 Å². The lowest BCUT2D eigenvalue weighted by atomic mass is 9.68. The first-order valence-corrected chi connectivity index (χ1v) is 8.66. The van der Waals surface area contributed by atoms with Crippen LogP contribution in [0.1, 0.15) is 44.6 Å². The molecule has 0 bridgehead atoms. The second-order valence-electron chi connectivity index (χ2n) is 6.88. The maximum Gasteiger partial charge on any atom is 0.310 e. The van der Waals surface area contributed by atoms with Gasteiger partial charge >= 0.3 is 5.97 Å². The fraction of sp³-hybridized carbons (Fsp3) is 0.632. The zero-order valence-electron chi connectivity index (χ0n) is 13.6. The normalized spacial score (nSPS) is 24.5. The Morgan fingerprint density at radius 3 is 2.64 bits per heavy atom. The van der Waals surface area contributed by atoms with E-state index in [0.29, 0.717) is 6.61 Å². The van der Waals surface area contributed by atoms with Crippen LogP contribution in [0.3, 0.4) is 0 Å². The number of benzene rings is 1. The summed E-state index contributed by atoms with van der Waals surface area (Å²) in [7, 11) is 0. The summed E-state index contributed by atoms with van der Waals surface area (Å²) in [5.74, 6) is 0.0939. The van der Waals surface area contributed by atoms with Gasteiger partial charge in [0.2, 0.25) is 0 Å². The van der Waals surface area contributed by atoms with E-state index in [1.54, 1.807) is 0 Å². The van der Waals surface area contributed by atoms with Crippen LogP contribution in [0.4, 0.5) is 0 Å². The van der Waals surface area contributed by atoms with E-state index in [9.17, 15) is 4.79 Å². The number of carbonyl (C=O) groups is 1. The Morgan fingerprint density at radius 1 is 1.23 bits per heavy atom. The minimum absolute atomic E-state index is 0.0277. The average Bonchev–Trinajstić information content (AvgIpc) is 2.87. The summed E-state index contributed by atoms with van der Waals surface area (Å²) in [4.78, 5) is 14.9. The van der Waals surface area contributed by atoms with Gasteiger partial charge in [0.1, 0.15) is 0 Å². The topological polar surface area (TPSA) is 29.5 Å². The van der Waals surface area contributed by atoms with Crippen LogP contribution in [0.15, 0.2) is 30.3 Å². The van der Waals surface area contributed by atoms with Crippen molar-refractivity contribution < 1.29 is 9.53 Å². The molecule has 22 heavy (non-hydrogen) atoms. The molecule has 1 unspecified atom stereocenters. The van der Waals surface area contributed by atoms with E-state index >= 15 is 0 Å². The van der Waals surface area contributed by atoms with Gasteiger partial charge in [-0.2, -0.15) is 0 Å². The molecule has 1 aromatic rings. The Hall–Kier alpha value is -1.35. The molecule has 2 aliphatic rings. The monoisotopic (exact) mass is 301 g/mol. The van der Waals surface area contributed by atoms with E-state index in [2.05, 4.69) is 35.2 Å². The number of hydrogen-bond acceptors (Lipinski definition) is 3. The number of hydrogen-bond donors (Lipinski definition) is 0. The van der Waals surface area contributed by atoms with Crippen molar-refractivity contribution in [2.24, 2.45) is 11.3 Å². The first kappa shape index (κ1) is 15.5. The largest absolute Gasteiger partial charge is 0.466 e. The molecule has 1 heterocycles. The summed E-state index contributed by atoms with van der Waals surface area (Å²) in [6.07, 6.45) is 6.20. The Labute approximate surface area is 133 Å². The van der Waals surface area contributed by atoms with Crippen molar-refractivity contribution >= 4 is 5.97 Å². The van der Waals surface area contributed by atoms with E-state index in [0.717, 1.165) is 19.6 Å². The zero-order chi connectivity index (χ0) is 15.4. The number of likely N-dealkylation sites (tertiary alicyclic amines) is 1. The van der Waals surface area contributed by atoms with Gasteiger partial charge < -0.3 is 4.74 Å². The van der Waals surface area contributed by atoms with Crippen LogP contribution in [0, 0.1) is 11.3 Å². The Kier molecular flexibility index (Phi) is 4.82. The molecular weight excluding hydrogens is 274 g/mol. The highest BCUT2D eigenvalue weighted by molar-refractivity contribution is 5.74. The number of carbonyl (C=O) groups excluding carboxylic acids is 1. The predicted octanol–water partition coefficient (Wildman–Crippen LogP) is 3.63. The molecule has 2 fully saturated rings. The molecule has 1 spiro atoms.